The van der Waals surface area contributed by atoms with E-state index < -0.39 is 0 Å². The smallest absolute Gasteiger partial charge is 0.0912 e. The number of hydrogen-bond acceptors (Lipinski definition) is 2. The molecule has 0 atom stereocenters. The van der Waals surface area contributed by atoms with Gasteiger partial charge in [-0.15, -0.1) is 0 Å². The Morgan fingerprint density at radius 2 is 2.00 bits per heavy atom. The summed E-state index contributed by atoms with van der Waals surface area (Å²) in [4.78, 5) is 1.90. The van der Waals surface area contributed by atoms with Crippen LogP contribution in [0, 0.1) is 11.3 Å². The molecule has 0 unspecified atom stereocenters. The molecule has 0 spiro atoms. The second kappa shape index (κ2) is 4.92. The van der Waals surface area contributed by atoms with Gasteiger partial charge in [-0.2, -0.15) is 5.26 Å². The van der Waals surface area contributed by atoms with Crippen molar-refractivity contribution in [1.82, 2.24) is 4.90 Å². The maximum atomic E-state index is 8.05. The van der Waals surface area contributed by atoms with Gasteiger partial charge in [0.05, 0.1) is 6.07 Å². The summed E-state index contributed by atoms with van der Waals surface area (Å²) in [5.41, 5.74) is 0. The Hall–Kier alpha value is -1.23. The molecule has 0 aromatic rings. The van der Waals surface area contributed by atoms with E-state index in [9.17, 15) is 0 Å². The fourth-order valence-electron chi connectivity index (χ4n) is 0.320. The minimum Gasteiger partial charge on any atom is -0.383 e. The first-order valence-corrected chi connectivity index (χ1v) is 2.66. The number of nitriles is 1. The van der Waals surface area contributed by atoms with Crippen molar-refractivity contribution in [1.29, 1.82) is 5.26 Å². The van der Waals surface area contributed by atoms with E-state index in [1.807, 2.05) is 37.3 Å². The summed E-state index contributed by atoms with van der Waals surface area (Å²) in [7, 11) is 3.85. The van der Waals surface area contributed by atoms with Crippen LogP contribution in [-0.4, -0.2) is 19.0 Å². The number of rotatable bonds is 2. The molecule has 0 saturated carbocycles. The summed E-state index contributed by atoms with van der Waals surface area (Å²) in [6.07, 6.45) is 6.80. The van der Waals surface area contributed by atoms with Crippen molar-refractivity contribution in [2.45, 2.75) is 0 Å². The van der Waals surface area contributed by atoms with Gasteiger partial charge in [0.25, 0.3) is 0 Å². The number of nitrogens with zero attached hydrogens (tertiary/aromatic N) is 2. The molecular weight excluding hydrogens is 112 g/mol. The molecule has 0 heterocycles. The number of hydrogen-bond donors (Lipinski definition) is 0. The Bertz CT molecular complexity index is 149. The van der Waals surface area contributed by atoms with Gasteiger partial charge < -0.3 is 4.90 Å². The van der Waals surface area contributed by atoms with E-state index in [2.05, 4.69) is 0 Å². The third kappa shape index (κ3) is 6.77. The van der Waals surface area contributed by atoms with E-state index >= 15 is 0 Å². The Morgan fingerprint density at radius 1 is 1.33 bits per heavy atom. The second-order valence-electron chi connectivity index (χ2n) is 1.79. The first-order valence-electron chi connectivity index (χ1n) is 2.66. The second-order valence-corrected chi connectivity index (χ2v) is 1.79. The fraction of sp³-hybridized carbons (Fsp3) is 0.286. The van der Waals surface area contributed by atoms with Crippen LogP contribution in [0.3, 0.4) is 0 Å². The van der Waals surface area contributed by atoms with Gasteiger partial charge in [-0.05, 0) is 12.3 Å². The molecule has 0 saturated heterocycles. The van der Waals surface area contributed by atoms with Gasteiger partial charge in [0.1, 0.15) is 0 Å². The largest absolute Gasteiger partial charge is 0.383 e. The zero-order valence-electron chi connectivity index (χ0n) is 5.70. The summed E-state index contributed by atoms with van der Waals surface area (Å²) in [5, 5.41) is 8.05. The molecule has 48 valence electrons. The molecule has 2 heteroatoms. The van der Waals surface area contributed by atoms with Crippen molar-refractivity contribution in [3.8, 4) is 6.07 Å². The van der Waals surface area contributed by atoms with Crippen LogP contribution < -0.4 is 0 Å². The maximum Gasteiger partial charge on any atom is 0.0912 e. The molecule has 0 aromatic carbocycles. The molecule has 0 aliphatic rings. The third-order valence-corrected chi connectivity index (χ3v) is 0.666. The average Bonchev–Trinajstić information content (AvgIpc) is 1.80. The highest BCUT2D eigenvalue weighted by molar-refractivity contribution is 5.10. The SMILES string of the molecule is CN(C)C=CC=CC#N. The van der Waals surface area contributed by atoms with Crippen LogP contribution >= 0.6 is 0 Å². The van der Waals surface area contributed by atoms with Gasteiger partial charge in [0.15, 0.2) is 0 Å². The molecule has 0 amide bonds. The Morgan fingerprint density at radius 3 is 2.44 bits per heavy atom. The Kier molecular flexibility index (Phi) is 4.25. The molecule has 0 N–H and O–H groups in total. The van der Waals surface area contributed by atoms with Crippen LogP contribution in [0.4, 0.5) is 0 Å². The van der Waals surface area contributed by atoms with Gasteiger partial charge in [-0.25, -0.2) is 0 Å². The minimum absolute atomic E-state index is 1.43. The molecule has 0 radical (unpaired) electrons. The molecule has 0 rings (SSSR count). The van der Waals surface area contributed by atoms with Gasteiger partial charge in [0, 0.05) is 20.2 Å². The van der Waals surface area contributed by atoms with E-state index in [0.29, 0.717) is 0 Å². The summed E-state index contributed by atoms with van der Waals surface area (Å²) >= 11 is 0. The van der Waals surface area contributed by atoms with Crippen molar-refractivity contribution < 1.29 is 0 Å². The van der Waals surface area contributed by atoms with Crippen LogP contribution in [0.5, 0.6) is 0 Å². The normalized spacial score (nSPS) is 10.3. The van der Waals surface area contributed by atoms with Crippen molar-refractivity contribution in [3.05, 3.63) is 24.4 Å². The van der Waals surface area contributed by atoms with Gasteiger partial charge in [0.2, 0.25) is 0 Å². The van der Waals surface area contributed by atoms with Crippen molar-refractivity contribution >= 4 is 0 Å². The number of allylic oxidation sites excluding steroid dienone is 3. The van der Waals surface area contributed by atoms with Crippen molar-refractivity contribution in [3.63, 3.8) is 0 Å². The fourth-order valence-corrected chi connectivity index (χ4v) is 0.320. The first kappa shape index (κ1) is 7.77. The van der Waals surface area contributed by atoms with E-state index in [0.717, 1.165) is 0 Å². The van der Waals surface area contributed by atoms with Crippen LogP contribution in [-0.2, 0) is 0 Å². The van der Waals surface area contributed by atoms with Crippen LogP contribution in [0.2, 0.25) is 0 Å². The standard InChI is InChI=1S/C7H10N2/c1-9(2)7-5-3-4-6-8/h3-5,7H,1-2H3. The average molecular weight is 122 g/mol. The topological polar surface area (TPSA) is 27.0 Å². The summed E-state index contributed by atoms with van der Waals surface area (Å²) in [5.74, 6) is 0. The Labute approximate surface area is 55.7 Å². The lowest BCUT2D eigenvalue weighted by molar-refractivity contribution is 0.564. The van der Waals surface area contributed by atoms with E-state index in [4.69, 9.17) is 5.26 Å². The van der Waals surface area contributed by atoms with Crippen LogP contribution in [0.1, 0.15) is 0 Å². The minimum atomic E-state index is 1.43. The van der Waals surface area contributed by atoms with E-state index in [1.165, 1.54) is 6.08 Å². The summed E-state index contributed by atoms with van der Waals surface area (Å²) in [6.45, 7) is 0. The third-order valence-electron chi connectivity index (χ3n) is 0.666. The lowest BCUT2D eigenvalue weighted by atomic mass is 10.5. The molecule has 9 heavy (non-hydrogen) atoms. The quantitative estimate of drug-likeness (QED) is 0.405. The van der Waals surface area contributed by atoms with Gasteiger partial charge in [-0.3, -0.25) is 0 Å². The summed E-state index contributed by atoms with van der Waals surface area (Å²) in [6, 6.07) is 1.89. The lowest BCUT2D eigenvalue weighted by Gasteiger charge is -2.00. The van der Waals surface area contributed by atoms with Gasteiger partial charge in [-0.1, -0.05) is 6.08 Å². The predicted octanol–water partition coefficient (Wildman–Crippen LogP) is 1.14. The van der Waals surface area contributed by atoms with Crippen molar-refractivity contribution in [2.24, 2.45) is 0 Å². The van der Waals surface area contributed by atoms with Crippen molar-refractivity contribution in [2.75, 3.05) is 14.1 Å². The predicted molar refractivity (Wildman–Crippen MR) is 37.6 cm³/mol. The van der Waals surface area contributed by atoms with Gasteiger partial charge >= 0.3 is 0 Å². The van der Waals surface area contributed by atoms with E-state index in [1.54, 1.807) is 6.08 Å². The molecule has 0 aromatic heterocycles. The lowest BCUT2D eigenvalue weighted by Crippen LogP contribution is -1.99. The summed E-state index contributed by atoms with van der Waals surface area (Å²) < 4.78 is 0. The molecule has 0 aliphatic heterocycles. The molecule has 0 bridgehead atoms. The molecule has 0 aliphatic carbocycles. The molecular formula is C7H10N2. The zero-order chi connectivity index (χ0) is 7.11. The monoisotopic (exact) mass is 122 g/mol. The highest BCUT2D eigenvalue weighted by Gasteiger charge is 1.69. The maximum absolute atomic E-state index is 8.05. The molecule has 2 nitrogen and oxygen atoms in total. The Balaban J connectivity index is 3.50. The zero-order valence-corrected chi connectivity index (χ0v) is 5.70. The highest BCUT2D eigenvalue weighted by atomic mass is 15.0. The van der Waals surface area contributed by atoms with E-state index in [-0.39, 0.29) is 0 Å². The highest BCUT2D eigenvalue weighted by Crippen LogP contribution is 1.78. The molecule has 0 fully saturated rings. The van der Waals surface area contributed by atoms with Crippen LogP contribution in [0.15, 0.2) is 24.4 Å². The first-order chi connectivity index (χ1) is 4.27. The van der Waals surface area contributed by atoms with Crippen LogP contribution in [0.25, 0.3) is 0 Å².